The predicted molar refractivity (Wildman–Crippen MR) is 104 cm³/mol. The van der Waals surface area contributed by atoms with Crippen LogP contribution in [0.4, 0.5) is 5.69 Å². The lowest BCUT2D eigenvalue weighted by Gasteiger charge is -2.29. The Hall–Kier alpha value is -2.86. The van der Waals surface area contributed by atoms with Gasteiger partial charge in [0.05, 0.1) is 16.4 Å². The number of amides is 1. The average molecular weight is 383 g/mol. The molecule has 0 bridgehead atoms. The number of nitrogens with zero attached hydrogens (tertiary/aromatic N) is 4. The summed E-state index contributed by atoms with van der Waals surface area (Å²) in [5.41, 5.74) is 2.20. The van der Waals surface area contributed by atoms with Crippen LogP contribution in [0.25, 0.3) is 5.69 Å². The van der Waals surface area contributed by atoms with Crippen molar-refractivity contribution in [2.24, 2.45) is 0 Å². The van der Waals surface area contributed by atoms with Crippen molar-refractivity contribution in [1.82, 2.24) is 14.8 Å². The van der Waals surface area contributed by atoms with Gasteiger partial charge in [0.25, 0.3) is 5.91 Å². The lowest BCUT2D eigenvalue weighted by molar-refractivity contribution is 0.0974. The van der Waals surface area contributed by atoms with Crippen molar-refractivity contribution in [3.63, 3.8) is 0 Å². The molecule has 3 aromatic rings. The molecular weight excluding hydrogens is 364 g/mol. The van der Waals surface area contributed by atoms with Crippen LogP contribution in [0.15, 0.2) is 42.5 Å². The number of hydrogen-bond donors (Lipinski definition) is 1. The molecule has 0 spiro atoms. The van der Waals surface area contributed by atoms with Crippen LogP contribution in [0.2, 0.25) is 5.02 Å². The Balaban J connectivity index is 1.76. The summed E-state index contributed by atoms with van der Waals surface area (Å²) in [6.07, 6.45) is 2.26. The van der Waals surface area contributed by atoms with Crippen molar-refractivity contribution in [2.75, 3.05) is 11.4 Å². The fourth-order valence-electron chi connectivity index (χ4n) is 3.43. The highest BCUT2D eigenvalue weighted by Crippen LogP contribution is 2.36. The van der Waals surface area contributed by atoms with E-state index in [-0.39, 0.29) is 17.5 Å². The van der Waals surface area contributed by atoms with Crippen molar-refractivity contribution in [1.29, 1.82) is 0 Å². The number of aromatic hydroxyl groups is 1. The Labute approximate surface area is 162 Å². The number of halogens is 1. The Morgan fingerprint density at radius 1 is 1.22 bits per heavy atom. The van der Waals surface area contributed by atoms with E-state index < -0.39 is 0 Å². The molecule has 6 nitrogen and oxygen atoms in total. The van der Waals surface area contributed by atoms with Gasteiger partial charge in [-0.3, -0.25) is 4.79 Å². The lowest BCUT2D eigenvalue weighted by Crippen LogP contribution is -2.36. The van der Waals surface area contributed by atoms with Gasteiger partial charge < -0.3 is 10.0 Å². The van der Waals surface area contributed by atoms with E-state index in [4.69, 9.17) is 11.6 Å². The first-order chi connectivity index (χ1) is 13.1. The van der Waals surface area contributed by atoms with Gasteiger partial charge >= 0.3 is 0 Å². The maximum atomic E-state index is 13.2. The van der Waals surface area contributed by atoms with Crippen molar-refractivity contribution in [3.05, 3.63) is 64.7 Å². The number of carbonyl (C=O) groups is 1. The summed E-state index contributed by atoms with van der Waals surface area (Å²) in [5.74, 6) is 0.531. The summed E-state index contributed by atoms with van der Waals surface area (Å²) in [4.78, 5) is 19.2. The molecule has 7 heteroatoms. The van der Waals surface area contributed by atoms with Crippen molar-refractivity contribution >= 4 is 23.2 Å². The van der Waals surface area contributed by atoms with Crippen molar-refractivity contribution in [3.8, 4) is 11.4 Å². The molecule has 4 rings (SSSR count). The van der Waals surface area contributed by atoms with Crippen LogP contribution < -0.4 is 4.90 Å². The van der Waals surface area contributed by atoms with Gasteiger partial charge in [-0.2, -0.15) is 0 Å². The first-order valence-corrected chi connectivity index (χ1v) is 9.31. The van der Waals surface area contributed by atoms with Gasteiger partial charge in [-0.05, 0) is 36.6 Å². The van der Waals surface area contributed by atoms with E-state index in [2.05, 4.69) is 10.1 Å². The minimum absolute atomic E-state index is 0.0989. The molecule has 1 amide bonds. The summed E-state index contributed by atoms with van der Waals surface area (Å²) in [5, 5.41) is 15.3. The molecule has 0 saturated heterocycles. The second-order valence-corrected chi connectivity index (χ2v) is 6.82. The minimum atomic E-state index is -0.321. The third kappa shape index (κ3) is 3.06. The van der Waals surface area contributed by atoms with Crippen LogP contribution in [0.3, 0.4) is 0 Å². The standard InChI is InChI=1S/C20H19ClN4O2/c1-2-17-22-19(23-25(17)15-10-4-3-9-14(15)21)20(27)24-12-6-8-13-7-5-11-16(26)18(13)24/h3-5,7,9-11,26H,2,6,8,12H2,1H3. The number of hydrogen-bond acceptors (Lipinski definition) is 4. The van der Waals surface area contributed by atoms with Crippen LogP contribution in [0, 0.1) is 0 Å². The van der Waals surface area contributed by atoms with Crippen LogP contribution in [0.1, 0.15) is 35.4 Å². The second kappa shape index (κ2) is 7.04. The number of benzene rings is 2. The van der Waals surface area contributed by atoms with E-state index in [0.717, 1.165) is 18.4 Å². The largest absolute Gasteiger partial charge is 0.506 e. The number of phenols is 1. The van der Waals surface area contributed by atoms with Crippen molar-refractivity contribution < 1.29 is 9.90 Å². The van der Waals surface area contributed by atoms with Crippen molar-refractivity contribution in [2.45, 2.75) is 26.2 Å². The normalized spacial score (nSPS) is 13.5. The molecule has 1 aliphatic rings. The SMILES string of the molecule is CCc1nc(C(=O)N2CCCc3cccc(O)c32)nn1-c1ccccc1Cl. The molecule has 0 unspecified atom stereocenters. The molecule has 1 aliphatic heterocycles. The van der Waals surface area contributed by atoms with Crippen LogP contribution >= 0.6 is 11.6 Å². The smallest absolute Gasteiger partial charge is 0.298 e. The number of fused-ring (bicyclic) bond motifs is 1. The van der Waals surface area contributed by atoms with Gasteiger partial charge in [0.15, 0.2) is 0 Å². The zero-order valence-electron chi connectivity index (χ0n) is 14.9. The monoisotopic (exact) mass is 382 g/mol. The second-order valence-electron chi connectivity index (χ2n) is 6.41. The summed E-state index contributed by atoms with van der Waals surface area (Å²) in [7, 11) is 0. The number of para-hydroxylation sites is 2. The number of aromatic nitrogens is 3. The molecule has 1 N–H and O–H groups in total. The number of anilines is 1. The molecular formula is C20H19ClN4O2. The van der Waals surface area contributed by atoms with E-state index in [1.165, 1.54) is 0 Å². The fraction of sp³-hybridized carbons (Fsp3) is 0.250. The number of aryl methyl sites for hydroxylation is 2. The third-order valence-electron chi connectivity index (χ3n) is 4.70. The van der Waals surface area contributed by atoms with E-state index in [1.807, 2.05) is 31.2 Å². The quantitative estimate of drug-likeness (QED) is 0.748. The molecule has 27 heavy (non-hydrogen) atoms. The Kier molecular flexibility index (Phi) is 4.58. The summed E-state index contributed by atoms with van der Waals surface area (Å²) in [6.45, 7) is 2.47. The highest BCUT2D eigenvalue weighted by molar-refractivity contribution is 6.32. The summed E-state index contributed by atoms with van der Waals surface area (Å²) in [6, 6.07) is 12.6. The molecule has 0 atom stereocenters. The Morgan fingerprint density at radius 3 is 2.81 bits per heavy atom. The van der Waals surface area contributed by atoms with E-state index >= 15 is 0 Å². The zero-order valence-corrected chi connectivity index (χ0v) is 15.6. The average Bonchev–Trinajstić information content (AvgIpc) is 3.12. The molecule has 1 aromatic heterocycles. The van der Waals surface area contributed by atoms with E-state index in [9.17, 15) is 9.90 Å². The third-order valence-corrected chi connectivity index (χ3v) is 5.02. The molecule has 0 saturated carbocycles. The fourth-order valence-corrected chi connectivity index (χ4v) is 3.65. The zero-order chi connectivity index (χ0) is 19.0. The minimum Gasteiger partial charge on any atom is -0.506 e. The number of rotatable bonds is 3. The van der Waals surface area contributed by atoms with Gasteiger partial charge in [-0.25, -0.2) is 9.67 Å². The summed E-state index contributed by atoms with van der Waals surface area (Å²) < 4.78 is 1.62. The maximum absolute atomic E-state index is 13.2. The highest BCUT2D eigenvalue weighted by atomic mass is 35.5. The Bertz CT molecular complexity index is 1010. The molecule has 138 valence electrons. The first kappa shape index (κ1) is 17.5. The molecule has 2 heterocycles. The predicted octanol–water partition coefficient (Wildman–Crippen LogP) is 3.78. The van der Waals surface area contributed by atoms with E-state index in [0.29, 0.717) is 35.2 Å². The van der Waals surface area contributed by atoms with Gasteiger partial charge in [0.2, 0.25) is 5.82 Å². The number of phenolic OH excluding ortho intramolecular Hbond substituents is 1. The molecule has 0 fully saturated rings. The lowest BCUT2D eigenvalue weighted by atomic mass is 10.0. The topological polar surface area (TPSA) is 71.2 Å². The van der Waals surface area contributed by atoms with Gasteiger partial charge in [-0.15, -0.1) is 5.10 Å². The van der Waals surface area contributed by atoms with Crippen LogP contribution in [-0.2, 0) is 12.8 Å². The van der Waals surface area contributed by atoms with Gasteiger partial charge in [0.1, 0.15) is 11.6 Å². The maximum Gasteiger partial charge on any atom is 0.298 e. The highest BCUT2D eigenvalue weighted by Gasteiger charge is 2.29. The first-order valence-electron chi connectivity index (χ1n) is 8.93. The molecule has 2 aromatic carbocycles. The summed E-state index contributed by atoms with van der Waals surface area (Å²) >= 11 is 6.30. The van der Waals surface area contributed by atoms with E-state index in [1.54, 1.807) is 27.8 Å². The molecule has 0 aliphatic carbocycles. The van der Waals surface area contributed by atoms with Crippen LogP contribution in [-0.4, -0.2) is 32.3 Å². The molecule has 0 radical (unpaired) electrons. The number of carbonyl (C=O) groups excluding carboxylic acids is 1. The Morgan fingerprint density at radius 2 is 2.04 bits per heavy atom. The van der Waals surface area contributed by atoms with Gasteiger partial charge in [-0.1, -0.05) is 42.8 Å². The van der Waals surface area contributed by atoms with Gasteiger partial charge in [0, 0.05) is 13.0 Å². The van der Waals surface area contributed by atoms with Crippen LogP contribution in [0.5, 0.6) is 5.75 Å².